The standard InChI is InChI=1S/C21H17N3OS/c25-26(16-17-10-4-1-5-11-17)21-23-22-20(18-12-6-2-7-13-18)24(21)19-14-8-3-9-15-19/h1-15H,16H2. The molecule has 0 fully saturated rings. The molecule has 0 spiro atoms. The van der Waals surface area contributed by atoms with E-state index < -0.39 is 10.8 Å². The van der Waals surface area contributed by atoms with E-state index in [4.69, 9.17) is 0 Å². The molecule has 1 heterocycles. The van der Waals surface area contributed by atoms with Crippen molar-refractivity contribution in [3.05, 3.63) is 96.6 Å². The van der Waals surface area contributed by atoms with E-state index in [2.05, 4.69) is 10.2 Å². The van der Waals surface area contributed by atoms with E-state index in [1.165, 1.54) is 0 Å². The summed E-state index contributed by atoms with van der Waals surface area (Å²) in [6.07, 6.45) is 0. The minimum Gasteiger partial charge on any atom is -0.268 e. The van der Waals surface area contributed by atoms with Crippen LogP contribution >= 0.6 is 0 Å². The minimum absolute atomic E-state index is 0.403. The van der Waals surface area contributed by atoms with Crippen LogP contribution in [0.5, 0.6) is 0 Å². The van der Waals surface area contributed by atoms with Gasteiger partial charge in [0.25, 0.3) is 0 Å². The zero-order valence-electron chi connectivity index (χ0n) is 14.0. The van der Waals surface area contributed by atoms with Crippen LogP contribution < -0.4 is 0 Å². The van der Waals surface area contributed by atoms with Gasteiger partial charge >= 0.3 is 0 Å². The Morgan fingerprint density at radius 2 is 1.31 bits per heavy atom. The Morgan fingerprint density at radius 1 is 0.731 bits per heavy atom. The van der Waals surface area contributed by atoms with Crippen LogP contribution in [0.25, 0.3) is 17.1 Å². The van der Waals surface area contributed by atoms with Gasteiger partial charge in [-0.25, -0.2) is 0 Å². The van der Waals surface area contributed by atoms with Gasteiger partial charge in [-0.3, -0.25) is 8.78 Å². The third kappa shape index (κ3) is 3.34. The number of rotatable bonds is 5. The second-order valence-corrected chi connectivity index (χ2v) is 7.16. The van der Waals surface area contributed by atoms with Crippen LogP contribution in [0.2, 0.25) is 0 Å². The van der Waals surface area contributed by atoms with Crippen molar-refractivity contribution in [1.29, 1.82) is 0 Å². The average Bonchev–Trinajstić information content (AvgIpc) is 3.15. The van der Waals surface area contributed by atoms with E-state index in [1.54, 1.807) is 0 Å². The molecule has 0 bridgehead atoms. The van der Waals surface area contributed by atoms with E-state index in [9.17, 15) is 4.21 Å². The molecule has 0 amide bonds. The highest BCUT2D eigenvalue weighted by molar-refractivity contribution is 7.84. The molecule has 1 aromatic heterocycles. The Balaban J connectivity index is 1.80. The van der Waals surface area contributed by atoms with Crippen molar-refractivity contribution in [3.63, 3.8) is 0 Å². The molecule has 0 aliphatic rings. The Kier molecular flexibility index (Phi) is 4.71. The molecule has 0 aliphatic carbocycles. The van der Waals surface area contributed by atoms with Crippen molar-refractivity contribution >= 4 is 10.8 Å². The smallest absolute Gasteiger partial charge is 0.226 e. The maximum atomic E-state index is 13.0. The summed E-state index contributed by atoms with van der Waals surface area (Å²) in [7, 11) is -1.31. The SMILES string of the molecule is O=S(Cc1ccccc1)c1nnc(-c2ccccc2)n1-c1ccccc1. The van der Waals surface area contributed by atoms with Gasteiger partial charge < -0.3 is 0 Å². The van der Waals surface area contributed by atoms with Crippen LogP contribution in [0.4, 0.5) is 0 Å². The molecule has 128 valence electrons. The number of hydrogen-bond acceptors (Lipinski definition) is 3. The summed E-state index contributed by atoms with van der Waals surface area (Å²) < 4.78 is 14.9. The number of aromatic nitrogens is 3. The van der Waals surface area contributed by atoms with Crippen LogP contribution in [0.15, 0.2) is 96.2 Å². The fourth-order valence-corrected chi connectivity index (χ4v) is 3.94. The normalized spacial score (nSPS) is 12.0. The maximum Gasteiger partial charge on any atom is 0.226 e. The summed E-state index contributed by atoms with van der Waals surface area (Å²) in [5.41, 5.74) is 2.84. The van der Waals surface area contributed by atoms with Crippen LogP contribution in [0.1, 0.15) is 5.56 Å². The van der Waals surface area contributed by atoms with Crippen molar-refractivity contribution in [2.45, 2.75) is 10.9 Å². The van der Waals surface area contributed by atoms with Crippen molar-refractivity contribution in [1.82, 2.24) is 14.8 Å². The minimum atomic E-state index is -1.31. The van der Waals surface area contributed by atoms with Crippen LogP contribution in [-0.2, 0) is 16.6 Å². The molecule has 0 radical (unpaired) electrons. The lowest BCUT2D eigenvalue weighted by Crippen LogP contribution is -2.07. The second kappa shape index (κ2) is 7.45. The largest absolute Gasteiger partial charge is 0.268 e. The monoisotopic (exact) mass is 359 g/mol. The van der Waals surface area contributed by atoms with E-state index in [0.29, 0.717) is 16.7 Å². The Bertz CT molecular complexity index is 1020. The topological polar surface area (TPSA) is 47.8 Å². The van der Waals surface area contributed by atoms with Crippen LogP contribution in [0.3, 0.4) is 0 Å². The van der Waals surface area contributed by atoms with E-state index >= 15 is 0 Å². The molecule has 0 saturated carbocycles. The predicted molar refractivity (Wildman–Crippen MR) is 103 cm³/mol. The van der Waals surface area contributed by atoms with Gasteiger partial charge in [0.15, 0.2) is 5.82 Å². The summed E-state index contributed by atoms with van der Waals surface area (Å²) in [4.78, 5) is 0. The van der Waals surface area contributed by atoms with Crippen molar-refractivity contribution in [2.75, 3.05) is 0 Å². The Hall–Kier alpha value is -3.05. The third-order valence-electron chi connectivity index (χ3n) is 4.02. The van der Waals surface area contributed by atoms with E-state index in [1.807, 2.05) is 95.6 Å². The molecule has 26 heavy (non-hydrogen) atoms. The zero-order chi connectivity index (χ0) is 17.8. The lowest BCUT2D eigenvalue weighted by Gasteiger charge is -2.10. The maximum absolute atomic E-state index is 13.0. The number of benzene rings is 3. The molecule has 5 heteroatoms. The van der Waals surface area contributed by atoms with Gasteiger partial charge in [0.2, 0.25) is 5.16 Å². The lowest BCUT2D eigenvalue weighted by molar-refractivity contribution is 0.671. The molecular weight excluding hydrogens is 342 g/mol. The van der Waals surface area contributed by atoms with Gasteiger partial charge in [-0.2, -0.15) is 0 Å². The predicted octanol–water partition coefficient (Wildman–Crippen LogP) is 4.24. The summed E-state index contributed by atoms with van der Waals surface area (Å²) in [6.45, 7) is 0. The summed E-state index contributed by atoms with van der Waals surface area (Å²) in [5.74, 6) is 1.09. The third-order valence-corrected chi connectivity index (χ3v) is 5.29. The molecule has 1 atom stereocenters. The highest BCUT2D eigenvalue weighted by Gasteiger charge is 2.20. The number of hydrogen-bond donors (Lipinski definition) is 0. The summed E-state index contributed by atoms with van der Waals surface area (Å²) in [6, 6.07) is 29.4. The van der Waals surface area contributed by atoms with Gasteiger partial charge in [0.1, 0.15) is 0 Å². The molecular formula is C21H17N3OS. The highest BCUT2D eigenvalue weighted by Crippen LogP contribution is 2.25. The van der Waals surface area contributed by atoms with Crippen LogP contribution in [0, 0.1) is 0 Å². The van der Waals surface area contributed by atoms with Gasteiger partial charge in [-0.1, -0.05) is 78.9 Å². The quantitative estimate of drug-likeness (QED) is 0.535. The lowest BCUT2D eigenvalue weighted by atomic mass is 10.2. The Morgan fingerprint density at radius 3 is 1.96 bits per heavy atom. The van der Waals surface area contributed by atoms with E-state index in [-0.39, 0.29) is 0 Å². The number of nitrogens with zero attached hydrogens (tertiary/aromatic N) is 3. The van der Waals surface area contributed by atoms with Crippen LogP contribution in [-0.4, -0.2) is 19.0 Å². The second-order valence-electron chi connectivity index (χ2n) is 5.82. The van der Waals surface area contributed by atoms with Crippen molar-refractivity contribution in [2.24, 2.45) is 0 Å². The molecule has 0 N–H and O–H groups in total. The molecule has 3 aromatic carbocycles. The first-order valence-corrected chi connectivity index (χ1v) is 9.63. The Labute approximate surface area is 154 Å². The highest BCUT2D eigenvalue weighted by atomic mass is 32.2. The molecule has 1 unspecified atom stereocenters. The fraction of sp³-hybridized carbons (Fsp3) is 0.0476. The first-order chi connectivity index (χ1) is 12.8. The molecule has 4 aromatic rings. The van der Waals surface area contributed by atoms with E-state index in [0.717, 1.165) is 16.8 Å². The molecule has 4 rings (SSSR count). The first kappa shape index (κ1) is 16.4. The van der Waals surface area contributed by atoms with Crippen molar-refractivity contribution in [3.8, 4) is 17.1 Å². The fourth-order valence-electron chi connectivity index (χ4n) is 2.79. The zero-order valence-corrected chi connectivity index (χ0v) is 14.8. The van der Waals surface area contributed by atoms with Gasteiger partial charge in [-0.05, 0) is 17.7 Å². The molecule has 4 nitrogen and oxygen atoms in total. The summed E-state index contributed by atoms with van der Waals surface area (Å²) in [5, 5.41) is 9.08. The first-order valence-electron chi connectivity index (χ1n) is 8.31. The summed E-state index contributed by atoms with van der Waals surface area (Å²) >= 11 is 0. The van der Waals surface area contributed by atoms with Gasteiger partial charge in [0.05, 0.1) is 16.6 Å². The molecule has 0 aliphatic heterocycles. The van der Waals surface area contributed by atoms with Gasteiger partial charge in [-0.15, -0.1) is 10.2 Å². The molecule has 0 saturated heterocycles. The number of para-hydroxylation sites is 1. The average molecular weight is 359 g/mol. The van der Waals surface area contributed by atoms with Crippen molar-refractivity contribution < 1.29 is 4.21 Å². The van der Waals surface area contributed by atoms with Gasteiger partial charge in [0, 0.05) is 11.3 Å².